The van der Waals surface area contributed by atoms with Gasteiger partial charge < -0.3 is 27.8 Å². The number of aromatic hydroxyl groups is 1. The fourth-order valence-corrected chi connectivity index (χ4v) is 9.52. The van der Waals surface area contributed by atoms with Crippen LogP contribution in [0.3, 0.4) is 0 Å². The first-order chi connectivity index (χ1) is 40.9. The van der Waals surface area contributed by atoms with Gasteiger partial charge in [-0.1, -0.05) is 178 Å². The van der Waals surface area contributed by atoms with Gasteiger partial charge in [0.05, 0.1) is 28.7 Å². The van der Waals surface area contributed by atoms with Gasteiger partial charge >= 0.3 is 0 Å². The van der Waals surface area contributed by atoms with E-state index in [1.165, 1.54) is 54.7 Å². The smallest absolute Gasteiger partial charge is 0.248 e. The van der Waals surface area contributed by atoms with Crippen LogP contribution in [0.5, 0.6) is 11.5 Å². The standard InChI is InChI=1S/C28H21N3O2.C26H17N3O2.2C8H8.C2H5Cl/c1-2-32-22-9-7-8-20(18-22)28-30-29-27(33-28)19-14-16-21(17-15-19)31-25-12-5-3-10-23(25)24-11-4-6-13-26(24)31;30-20-7-5-6-18(16-20)26-28-27-25(31-26)17-12-14-19(15-13-17)29-23-10-3-1-8-21(23)22-9-2-4-11-24(22)29;2*1-2-8-6-4-3-5-7-8;1-2-3/h3-18H,2H2,1H3;1-16,30H;2*2-7H,1H2;2H2,1H3. The van der Waals surface area contributed by atoms with Crippen molar-refractivity contribution in [1.82, 2.24) is 29.5 Å². The summed E-state index contributed by atoms with van der Waals surface area (Å²) in [7, 11) is 0. The van der Waals surface area contributed by atoms with E-state index in [1.54, 1.807) is 18.2 Å². The summed E-state index contributed by atoms with van der Waals surface area (Å²) >= 11 is 5.00. The number of hydrogen-bond acceptors (Lipinski definition) is 8. The Morgan fingerprint density at radius 3 is 1.10 bits per heavy atom. The summed E-state index contributed by atoms with van der Waals surface area (Å²) < 4.78 is 21.9. The fraction of sp³-hybridized carbons (Fsp3) is 0.0556. The number of alkyl halides is 1. The Morgan fingerprint density at radius 2 is 0.747 bits per heavy atom. The van der Waals surface area contributed by atoms with E-state index in [2.05, 4.69) is 164 Å². The van der Waals surface area contributed by atoms with Gasteiger partial charge in [0.25, 0.3) is 0 Å². The van der Waals surface area contributed by atoms with E-state index >= 15 is 0 Å². The molecule has 10 aromatic carbocycles. The number of aromatic nitrogens is 6. The van der Waals surface area contributed by atoms with Crippen LogP contribution in [0.1, 0.15) is 25.0 Å². The maximum absolute atomic E-state index is 9.68. The third-order valence-electron chi connectivity index (χ3n) is 13.3. The van der Waals surface area contributed by atoms with E-state index in [-0.39, 0.29) is 5.75 Å². The van der Waals surface area contributed by atoms with Crippen LogP contribution in [0.25, 0.3) is 113 Å². The molecule has 408 valence electrons. The molecule has 14 rings (SSSR count). The van der Waals surface area contributed by atoms with E-state index in [0.717, 1.165) is 39.7 Å². The van der Waals surface area contributed by atoms with E-state index in [4.69, 9.17) is 25.2 Å². The Hall–Kier alpha value is -10.6. The molecule has 0 aliphatic carbocycles. The first-order valence-corrected chi connectivity index (χ1v) is 27.7. The molecule has 0 amide bonds. The van der Waals surface area contributed by atoms with Crippen LogP contribution in [0.15, 0.2) is 277 Å². The van der Waals surface area contributed by atoms with Crippen molar-refractivity contribution in [2.75, 3.05) is 12.5 Å². The van der Waals surface area contributed by atoms with Gasteiger partial charge in [0.1, 0.15) is 11.5 Å². The van der Waals surface area contributed by atoms with Gasteiger partial charge in [-0.15, -0.1) is 32.0 Å². The number of para-hydroxylation sites is 4. The van der Waals surface area contributed by atoms with Crippen molar-refractivity contribution in [3.63, 3.8) is 0 Å². The lowest BCUT2D eigenvalue weighted by Gasteiger charge is -2.08. The first-order valence-electron chi connectivity index (χ1n) is 27.2. The molecule has 0 bridgehead atoms. The number of ether oxygens (including phenoxy) is 1. The van der Waals surface area contributed by atoms with Crippen molar-refractivity contribution in [3.8, 4) is 68.7 Å². The lowest BCUT2D eigenvalue weighted by molar-refractivity contribution is 0.340. The van der Waals surface area contributed by atoms with Crippen molar-refractivity contribution >= 4 is 67.4 Å². The lowest BCUT2D eigenvalue weighted by atomic mass is 10.2. The Balaban J connectivity index is 0.000000141. The molecule has 0 saturated heterocycles. The van der Waals surface area contributed by atoms with Gasteiger partial charge in [-0.3, -0.25) is 0 Å². The van der Waals surface area contributed by atoms with Gasteiger partial charge in [-0.05, 0) is 127 Å². The van der Waals surface area contributed by atoms with Crippen molar-refractivity contribution in [3.05, 3.63) is 279 Å². The van der Waals surface area contributed by atoms with E-state index < -0.39 is 0 Å². The summed E-state index contributed by atoms with van der Waals surface area (Å²) in [6, 6.07) is 84.7. The van der Waals surface area contributed by atoms with E-state index in [0.29, 0.717) is 35.7 Å². The van der Waals surface area contributed by atoms with E-state index in [1.807, 2.05) is 141 Å². The maximum Gasteiger partial charge on any atom is 0.248 e. The average Bonchev–Trinajstić information content (AvgIpc) is 4.57. The second kappa shape index (κ2) is 27.1. The quantitative estimate of drug-likeness (QED) is 0.135. The molecular weight excluding hydrogens is 1050 g/mol. The highest BCUT2D eigenvalue weighted by Crippen LogP contribution is 2.35. The highest BCUT2D eigenvalue weighted by atomic mass is 35.5. The Bertz CT molecular complexity index is 4240. The summed E-state index contributed by atoms with van der Waals surface area (Å²) in [6.45, 7) is 11.7. The first kappa shape index (κ1) is 55.8. The van der Waals surface area contributed by atoms with Gasteiger partial charge in [-0.2, -0.15) is 0 Å². The largest absolute Gasteiger partial charge is 0.508 e. The molecule has 11 heteroatoms. The number of rotatable bonds is 10. The second-order valence-corrected chi connectivity index (χ2v) is 19.2. The zero-order valence-electron chi connectivity index (χ0n) is 46.0. The molecule has 4 heterocycles. The van der Waals surface area contributed by atoms with Crippen LogP contribution in [-0.4, -0.2) is 47.1 Å². The van der Waals surface area contributed by atoms with Crippen molar-refractivity contribution in [2.45, 2.75) is 13.8 Å². The number of halogens is 1. The Labute approximate surface area is 487 Å². The third kappa shape index (κ3) is 13.1. The Morgan fingerprint density at radius 1 is 0.410 bits per heavy atom. The van der Waals surface area contributed by atoms with Gasteiger partial charge in [0, 0.05) is 61.1 Å². The molecule has 0 aliphatic heterocycles. The minimum atomic E-state index is 0.160. The van der Waals surface area contributed by atoms with Crippen LogP contribution in [-0.2, 0) is 0 Å². The molecule has 0 atom stereocenters. The number of hydrogen-bond donors (Lipinski definition) is 1. The van der Waals surface area contributed by atoms with Crippen LogP contribution in [0.2, 0.25) is 0 Å². The molecular formula is C72H59ClN6O4. The minimum absolute atomic E-state index is 0.160. The van der Waals surface area contributed by atoms with Crippen molar-refractivity contribution in [2.24, 2.45) is 0 Å². The minimum Gasteiger partial charge on any atom is -0.508 e. The summed E-state index contributed by atoms with van der Waals surface area (Å²) in [6.07, 6.45) is 3.67. The maximum atomic E-state index is 9.68. The summed E-state index contributed by atoms with van der Waals surface area (Å²) in [5.74, 6) is 3.43. The molecule has 83 heavy (non-hydrogen) atoms. The summed E-state index contributed by atoms with van der Waals surface area (Å²) in [5, 5.41) is 31.4. The molecule has 1 N–H and O–H groups in total. The van der Waals surface area contributed by atoms with Crippen LogP contribution < -0.4 is 4.74 Å². The Kier molecular flexibility index (Phi) is 18.2. The summed E-state index contributed by atoms with van der Waals surface area (Å²) in [4.78, 5) is 0. The molecule has 14 aromatic rings. The average molecular weight is 1110 g/mol. The van der Waals surface area contributed by atoms with Gasteiger partial charge in [0.2, 0.25) is 23.6 Å². The van der Waals surface area contributed by atoms with Crippen LogP contribution in [0.4, 0.5) is 0 Å². The molecule has 0 radical (unpaired) electrons. The number of phenolic OH excluding ortho intramolecular Hbond substituents is 1. The highest BCUT2D eigenvalue weighted by molar-refractivity contribution is 6.17. The normalized spacial score (nSPS) is 10.6. The number of phenols is 1. The molecule has 4 aromatic heterocycles. The zero-order valence-corrected chi connectivity index (χ0v) is 46.7. The molecule has 0 fully saturated rings. The predicted octanol–water partition coefficient (Wildman–Crippen LogP) is 19.0. The number of benzene rings is 10. The monoisotopic (exact) mass is 1110 g/mol. The molecule has 0 spiro atoms. The topological polar surface area (TPSA) is 117 Å². The van der Waals surface area contributed by atoms with Crippen molar-refractivity contribution < 1.29 is 18.7 Å². The highest BCUT2D eigenvalue weighted by Gasteiger charge is 2.16. The summed E-state index contributed by atoms with van der Waals surface area (Å²) in [5.41, 5.74) is 12.4. The lowest BCUT2D eigenvalue weighted by Crippen LogP contribution is -1.93. The molecule has 0 unspecified atom stereocenters. The molecule has 0 aliphatic rings. The molecule has 0 saturated carbocycles. The number of fused-ring (bicyclic) bond motifs is 6. The van der Waals surface area contributed by atoms with Crippen LogP contribution in [0, 0.1) is 0 Å². The van der Waals surface area contributed by atoms with Gasteiger partial charge in [-0.25, -0.2) is 0 Å². The zero-order chi connectivity index (χ0) is 57.3. The second-order valence-electron chi connectivity index (χ2n) is 18.7. The van der Waals surface area contributed by atoms with Crippen molar-refractivity contribution in [1.29, 1.82) is 0 Å². The molecule has 10 nitrogen and oxygen atoms in total. The number of nitrogens with zero attached hydrogens (tertiary/aromatic N) is 6. The predicted molar refractivity (Wildman–Crippen MR) is 341 cm³/mol. The SMILES string of the molecule is C=Cc1ccccc1.C=Cc1ccccc1.CCCl.CCOc1cccc(-c2nnc(-c3ccc(-n4c5ccccc5c5ccccc54)cc3)o2)c1.Oc1cccc(-c2nnc(-c3ccc(-n4c5ccccc5c5ccccc54)cc3)o2)c1. The van der Waals surface area contributed by atoms with E-state index in [9.17, 15) is 5.11 Å². The van der Waals surface area contributed by atoms with Crippen LogP contribution >= 0.6 is 11.6 Å². The fourth-order valence-electron chi connectivity index (χ4n) is 9.52. The third-order valence-corrected chi connectivity index (χ3v) is 13.3. The van der Waals surface area contributed by atoms with Gasteiger partial charge in [0.15, 0.2) is 0 Å².